The fourth-order valence-electron chi connectivity index (χ4n) is 0.808. The number of hydrogen-bond acceptors (Lipinski definition) is 5. The maximum atomic E-state index is 10.4. The van der Waals surface area contributed by atoms with Crippen LogP contribution in [-0.2, 0) is 0 Å². The monoisotopic (exact) mass is 196 g/mol. The molecule has 0 aromatic carbocycles. The lowest BCUT2D eigenvalue weighted by molar-refractivity contribution is -0.389. The van der Waals surface area contributed by atoms with Crippen molar-refractivity contribution in [1.82, 2.24) is 4.98 Å². The summed E-state index contributed by atoms with van der Waals surface area (Å²) >= 11 is 0. The van der Waals surface area contributed by atoms with Crippen molar-refractivity contribution in [2.45, 2.75) is 0 Å². The number of hydrogen-bond donors (Lipinski definition) is 1. The molecule has 0 aliphatic heterocycles. The Morgan fingerprint density at radius 3 is 2.64 bits per heavy atom. The quantitative estimate of drug-likeness (QED) is 0.428. The Labute approximate surface area is 77.2 Å². The summed E-state index contributed by atoms with van der Waals surface area (Å²) in [7, 11) is 0. The average molecular weight is 196 g/mol. The van der Waals surface area contributed by atoms with E-state index in [-0.39, 0.29) is 5.56 Å². The number of carbonyl (C=O) groups excluding carboxylic acids is 1. The molecule has 0 unspecified atom stereocenters. The molecule has 0 radical (unpaired) electrons. The van der Waals surface area contributed by atoms with Crippen LogP contribution in [0.4, 0.5) is 5.82 Å². The van der Waals surface area contributed by atoms with E-state index in [0.717, 1.165) is 12.1 Å². The van der Waals surface area contributed by atoms with Crippen molar-refractivity contribution in [2.75, 3.05) is 0 Å². The fraction of sp³-hybridized carbons (Fsp3) is 0. The smallest absolute Gasteiger partial charge is 0.380 e. The lowest BCUT2D eigenvalue weighted by atomic mass is 10.2. The zero-order valence-electron chi connectivity index (χ0n) is 6.71. The van der Waals surface area contributed by atoms with Crippen LogP contribution in [0.1, 0.15) is 20.8 Å². The molecule has 72 valence electrons. The van der Waals surface area contributed by atoms with Gasteiger partial charge in [0.15, 0.2) is 6.29 Å². The second kappa shape index (κ2) is 3.60. The van der Waals surface area contributed by atoms with Crippen molar-refractivity contribution in [3.05, 3.63) is 33.5 Å². The van der Waals surface area contributed by atoms with E-state index in [0.29, 0.717) is 6.29 Å². The van der Waals surface area contributed by atoms with Crippen LogP contribution in [0.2, 0.25) is 0 Å². The van der Waals surface area contributed by atoms with E-state index in [1.54, 1.807) is 0 Å². The highest BCUT2D eigenvalue weighted by atomic mass is 16.6. The van der Waals surface area contributed by atoms with Crippen LogP contribution in [-0.4, -0.2) is 27.3 Å². The maximum absolute atomic E-state index is 10.4. The van der Waals surface area contributed by atoms with Gasteiger partial charge in [0, 0.05) is 17.7 Å². The van der Waals surface area contributed by atoms with Crippen LogP contribution >= 0.6 is 0 Å². The molecule has 0 aliphatic rings. The van der Waals surface area contributed by atoms with E-state index >= 15 is 0 Å². The summed E-state index contributed by atoms with van der Waals surface area (Å²) in [4.78, 5) is 33.4. The molecule has 0 amide bonds. The minimum absolute atomic E-state index is 0.0934. The largest absolute Gasteiger partial charge is 0.475 e. The third kappa shape index (κ3) is 1.89. The number of carbonyl (C=O) groups is 2. The first-order valence-corrected chi connectivity index (χ1v) is 3.39. The van der Waals surface area contributed by atoms with E-state index in [4.69, 9.17) is 5.11 Å². The SMILES string of the molecule is O=Cc1cc(C(=O)O)nc([N+](=O)[O-])c1. The topological polar surface area (TPSA) is 110 Å². The highest BCUT2D eigenvalue weighted by molar-refractivity contribution is 5.88. The molecule has 0 saturated heterocycles. The van der Waals surface area contributed by atoms with Crippen molar-refractivity contribution < 1.29 is 19.6 Å². The number of rotatable bonds is 3. The van der Waals surface area contributed by atoms with E-state index in [1.807, 2.05) is 0 Å². The van der Waals surface area contributed by atoms with Crippen molar-refractivity contribution in [2.24, 2.45) is 0 Å². The van der Waals surface area contributed by atoms with Crippen LogP contribution in [0.5, 0.6) is 0 Å². The van der Waals surface area contributed by atoms with Gasteiger partial charge in [0.2, 0.25) is 0 Å². The van der Waals surface area contributed by atoms with Crippen LogP contribution in [0.15, 0.2) is 12.1 Å². The lowest BCUT2D eigenvalue weighted by Gasteiger charge is -1.94. The summed E-state index contributed by atoms with van der Waals surface area (Å²) in [6.45, 7) is 0. The van der Waals surface area contributed by atoms with Gasteiger partial charge in [0.1, 0.15) is 0 Å². The maximum Gasteiger partial charge on any atom is 0.380 e. The van der Waals surface area contributed by atoms with Gasteiger partial charge >= 0.3 is 11.8 Å². The van der Waals surface area contributed by atoms with Gasteiger partial charge in [-0.25, -0.2) is 4.79 Å². The zero-order chi connectivity index (χ0) is 10.7. The van der Waals surface area contributed by atoms with Gasteiger partial charge in [-0.15, -0.1) is 0 Å². The van der Waals surface area contributed by atoms with E-state index in [1.165, 1.54) is 0 Å². The predicted octanol–water partition coefficient (Wildman–Crippen LogP) is 0.500. The summed E-state index contributed by atoms with van der Waals surface area (Å²) in [5.74, 6) is -2.08. The van der Waals surface area contributed by atoms with Gasteiger partial charge in [0.25, 0.3) is 5.69 Å². The van der Waals surface area contributed by atoms with Gasteiger partial charge in [-0.1, -0.05) is 0 Å². The molecule has 0 aliphatic carbocycles. The van der Waals surface area contributed by atoms with Gasteiger partial charge in [0.05, 0.1) is 0 Å². The van der Waals surface area contributed by atoms with E-state index in [9.17, 15) is 19.7 Å². The highest BCUT2D eigenvalue weighted by Crippen LogP contribution is 2.11. The van der Waals surface area contributed by atoms with Crippen molar-refractivity contribution in [3.8, 4) is 0 Å². The summed E-state index contributed by atoms with van der Waals surface area (Å²) in [5, 5.41) is 18.8. The van der Waals surface area contributed by atoms with E-state index in [2.05, 4.69) is 4.98 Å². The summed E-state index contributed by atoms with van der Waals surface area (Å²) < 4.78 is 0. The molecule has 7 heteroatoms. The molecule has 0 fully saturated rings. The molecule has 1 aromatic rings. The number of nitro groups is 1. The fourth-order valence-corrected chi connectivity index (χ4v) is 0.808. The van der Waals surface area contributed by atoms with Gasteiger partial charge in [-0.2, -0.15) is 0 Å². The van der Waals surface area contributed by atoms with Gasteiger partial charge < -0.3 is 15.2 Å². The Morgan fingerprint density at radius 2 is 2.21 bits per heavy atom. The van der Waals surface area contributed by atoms with E-state index < -0.39 is 22.4 Å². The van der Waals surface area contributed by atoms with Crippen LogP contribution in [0.25, 0.3) is 0 Å². The Morgan fingerprint density at radius 1 is 1.57 bits per heavy atom. The molecule has 0 bridgehead atoms. The molecule has 14 heavy (non-hydrogen) atoms. The first kappa shape index (κ1) is 9.78. The van der Waals surface area contributed by atoms with Crippen molar-refractivity contribution >= 4 is 18.1 Å². The Kier molecular flexibility index (Phi) is 2.52. The summed E-state index contributed by atoms with van der Waals surface area (Å²) in [6, 6.07) is 1.86. The minimum atomic E-state index is -1.42. The lowest BCUT2D eigenvalue weighted by Crippen LogP contribution is -2.04. The number of aromatic nitrogens is 1. The Hall–Kier alpha value is -2.31. The molecule has 0 spiro atoms. The average Bonchev–Trinajstić information content (AvgIpc) is 2.16. The molecule has 1 rings (SSSR count). The molecule has 0 saturated carbocycles. The highest BCUT2D eigenvalue weighted by Gasteiger charge is 2.17. The Bertz CT molecular complexity index is 382. The third-order valence-electron chi connectivity index (χ3n) is 1.38. The molecule has 7 nitrogen and oxygen atoms in total. The number of aromatic carboxylic acids is 1. The second-order valence-corrected chi connectivity index (χ2v) is 2.32. The van der Waals surface area contributed by atoms with Crippen LogP contribution in [0, 0.1) is 10.1 Å². The predicted molar refractivity (Wildman–Crippen MR) is 43.2 cm³/mol. The molecular weight excluding hydrogens is 192 g/mol. The number of carboxylic acids is 1. The molecular formula is C7H4N2O5. The minimum Gasteiger partial charge on any atom is -0.475 e. The first-order chi connectivity index (χ1) is 6.54. The van der Waals surface area contributed by atoms with Crippen molar-refractivity contribution in [3.63, 3.8) is 0 Å². The molecule has 1 aromatic heterocycles. The van der Waals surface area contributed by atoms with Crippen LogP contribution in [0.3, 0.4) is 0 Å². The van der Waals surface area contributed by atoms with Gasteiger partial charge in [-0.05, 0) is 9.91 Å². The standard InChI is InChI=1S/C7H4N2O5/c10-3-4-1-5(7(11)12)8-6(2-4)9(13)14/h1-3H,(H,11,12). The molecule has 1 N–H and O–H groups in total. The van der Waals surface area contributed by atoms with Crippen molar-refractivity contribution in [1.29, 1.82) is 0 Å². The molecule has 0 atom stereocenters. The zero-order valence-corrected chi connectivity index (χ0v) is 6.71. The number of pyridine rings is 1. The summed E-state index contributed by atoms with van der Waals surface area (Å²) in [5.41, 5.74) is -0.620. The van der Waals surface area contributed by atoms with Gasteiger partial charge in [-0.3, -0.25) is 4.79 Å². The Balaban J connectivity index is 3.34. The number of carboxylic acid groups (broad SMARTS) is 1. The number of nitrogens with zero attached hydrogens (tertiary/aromatic N) is 2. The normalized spacial score (nSPS) is 9.43. The summed E-state index contributed by atoms with van der Waals surface area (Å²) in [6.07, 6.45) is 0.321. The third-order valence-corrected chi connectivity index (χ3v) is 1.38. The van der Waals surface area contributed by atoms with Crippen LogP contribution < -0.4 is 0 Å². The second-order valence-electron chi connectivity index (χ2n) is 2.32. The number of aldehydes is 1. The molecule has 1 heterocycles. The first-order valence-electron chi connectivity index (χ1n) is 3.39.